The third-order valence-corrected chi connectivity index (χ3v) is 4.76. The fourth-order valence-corrected chi connectivity index (χ4v) is 2.92. The number of nitrogens with one attached hydrogen (secondary N) is 1. The van der Waals surface area contributed by atoms with Gasteiger partial charge in [0.2, 0.25) is 0 Å². The topological polar surface area (TPSA) is 15.3 Å². The van der Waals surface area contributed by atoms with Gasteiger partial charge >= 0.3 is 0 Å². The highest BCUT2D eigenvalue weighted by molar-refractivity contribution is 9.10. The molecule has 4 heteroatoms. The van der Waals surface area contributed by atoms with Gasteiger partial charge in [0.25, 0.3) is 0 Å². The summed E-state index contributed by atoms with van der Waals surface area (Å²) in [5.74, 6) is 0. The van der Waals surface area contributed by atoms with Crippen LogP contribution >= 0.6 is 27.5 Å². The molecular formula is C14H20BrClN2. The summed E-state index contributed by atoms with van der Waals surface area (Å²) in [7, 11) is 0. The Labute approximate surface area is 123 Å². The van der Waals surface area contributed by atoms with E-state index in [9.17, 15) is 0 Å². The predicted molar refractivity (Wildman–Crippen MR) is 82.7 cm³/mol. The highest BCUT2D eigenvalue weighted by atomic mass is 79.9. The van der Waals surface area contributed by atoms with Crippen molar-refractivity contribution in [3.63, 3.8) is 0 Å². The van der Waals surface area contributed by atoms with E-state index in [1.807, 2.05) is 6.07 Å². The lowest BCUT2D eigenvalue weighted by Gasteiger charge is -2.40. The van der Waals surface area contributed by atoms with Crippen LogP contribution in [-0.2, 0) is 0 Å². The lowest BCUT2D eigenvalue weighted by atomic mass is 10.1. The van der Waals surface area contributed by atoms with E-state index in [0.717, 1.165) is 22.6 Å². The van der Waals surface area contributed by atoms with Crippen molar-refractivity contribution in [3.05, 3.63) is 27.7 Å². The van der Waals surface area contributed by atoms with E-state index >= 15 is 0 Å². The fraction of sp³-hybridized carbons (Fsp3) is 0.571. The van der Waals surface area contributed by atoms with Gasteiger partial charge in [-0.3, -0.25) is 0 Å². The molecule has 100 valence electrons. The summed E-state index contributed by atoms with van der Waals surface area (Å²) in [6.07, 6.45) is 2.45. The van der Waals surface area contributed by atoms with Gasteiger partial charge in [-0.25, -0.2) is 0 Å². The number of piperazine rings is 1. The summed E-state index contributed by atoms with van der Waals surface area (Å²) in [4.78, 5) is 2.45. The van der Waals surface area contributed by atoms with E-state index in [1.54, 1.807) is 0 Å². The SMILES string of the molecule is CCCC1CN(c2ccc(Br)c(Cl)c2)C(C)CN1. The van der Waals surface area contributed by atoms with Crippen LogP contribution in [0.15, 0.2) is 22.7 Å². The molecule has 0 bridgehead atoms. The Morgan fingerprint density at radius 2 is 2.28 bits per heavy atom. The molecule has 2 unspecified atom stereocenters. The maximum Gasteiger partial charge on any atom is 0.0568 e. The minimum Gasteiger partial charge on any atom is -0.366 e. The van der Waals surface area contributed by atoms with Gasteiger partial charge in [0, 0.05) is 35.3 Å². The molecule has 1 N–H and O–H groups in total. The normalized spacial score (nSPS) is 24.3. The number of nitrogens with zero attached hydrogens (tertiary/aromatic N) is 1. The largest absolute Gasteiger partial charge is 0.366 e. The maximum atomic E-state index is 6.19. The second-order valence-electron chi connectivity index (χ2n) is 4.99. The molecule has 1 aliphatic heterocycles. The highest BCUT2D eigenvalue weighted by Gasteiger charge is 2.24. The van der Waals surface area contributed by atoms with Crippen LogP contribution in [0.4, 0.5) is 5.69 Å². The minimum absolute atomic E-state index is 0.510. The molecule has 2 atom stereocenters. The van der Waals surface area contributed by atoms with Crippen LogP contribution in [0.25, 0.3) is 0 Å². The van der Waals surface area contributed by atoms with Crippen LogP contribution in [0.3, 0.4) is 0 Å². The second-order valence-corrected chi connectivity index (χ2v) is 6.26. The van der Waals surface area contributed by atoms with Crippen molar-refractivity contribution in [1.82, 2.24) is 5.32 Å². The Kier molecular flexibility index (Phi) is 4.93. The van der Waals surface area contributed by atoms with E-state index in [1.165, 1.54) is 18.5 Å². The molecular weight excluding hydrogens is 312 g/mol. The Morgan fingerprint density at radius 1 is 1.50 bits per heavy atom. The molecule has 2 nitrogen and oxygen atoms in total. The molecule has 0 radical (unpaired) electrons. The molecule has 0 spiro atoms. The Hall–Kier alpha value is -0.250. The van der Waals surface area contributed by atoms with Gasteiger partial charge in [0.15, 0.2) is 0 Å². The Morgan fingerprint density at radius 3 is 2.94 bits per heavy atom. The maximum absolute atomic E-state index is 6.19. The van der Waals surface area contributed by atoms with Gasteiger partial charge in [-0.05, 0) is 47.5 Å². The first-order valence-electron chi connectivity index (χ1n) is 6.57. The second kappa shape index (κ2) is 6.27. The first kappa shape index (κ1) is 14.2. The van der Waals surface area contributed by atoms with E-state index < -0.39 is 0 Å². The fourth-order valence-electron chi connectivity index (χ4n) is 2.49. The molecule has 1 saturated heterocycles. The smallest absolute Gasteiger partial charge is 0.0568 e. The van der Waals surface area contributed by atoms with Gasteiger partial charge in [-0.1, -0.05) is 24.9 Å². The quantitative estimate of drug-likeness (QED) is 0.898. The van der Waals surface area contributed by atoms with Gasteiger partial charge in [0.1, 0.15) is 0 Å². The van der Waals surface area contributed by atoms with Gasteiger partial charge in [-0.2, -0.15) is 0 Å². The zero-order valence-electron chi connectivity index (χ0n) is 10.9. The van der Waals surface area contributed by atoms with Crippen LogP contribution in [0.5, 0.6) is 0 Å². The van der Waals surface area contributed by atoms with Crippen LogP contribution in [-0.4, -0.2) is 25.2 Å². The monoisotopic (exact) mass is 330 g/mol. The molecule has 18 heavy (non-hydrogen) atoms. The van der Waals surface area contributed by atoms with Crippen LogP contribution in [0.2, 0.25) is 5.02 Å². The van der Waals surface area contributed by atoms with Crippen molar-refractivity contribution in [2.24, 2.45) is 0 Å². The van der Waals surface area contributed by atoms with Crippen LogP contribution in [0.1, 0.15) is 26.7 Å². The molecule has 0 aliphatic carbocycles. The average molecular weight is 332 g/mol. The van der Waals surface area contributed by atoms with Gasteiger partial charge < -0.3 is 10.2 Å². The van der Waals surface area contributed by atoms with Crippen LogP contribution < -0.4 is 10.2 Å². The molecule has 0 aromatic heterocycles. The minimum atomic E-state index is 0.510. The molecule has 0 amide bonds. The molecule has 1 fully saturated rings. The number of hydrogen-bond acceptors (Lipinski definition) is 2. The molecule has 1 aliphatic rings. The summed E-state index contributed by atoms with van der Waals surface area (Å²) < 4.78 is 0.959. The van der Waals surface area contributed by atoms with Crippen molar-refractivity contribution < 1.29 is 0 Å². The number of hydrogen-bond donors (Lipinski definition) is 1. The number of halogens is 2. The van der Waals surface area contributed by atoms with Crippen molar-refractivity contribution in [2.75, 3.05) is 18.0 Å². The summed E-state index contributed by atoms with van der Waals surface area (Å²) in [6, 6.07) is 7.32. The highest BCUT2D eigenvalue weighted by Crippen LogP contribution is 2.29. The van der Waals surface area contributed by atoms with E-state index in [-0.39, 0.29) is 0 Å². The summed E-state index contributed by atoms with van der Waals surface area (Å²) in [5.41, 5.74) is 1.22. The molecule has 1 aromatic rings. The lowest BCUT2D eigenvalue weighted by Crippen LogP contribution is -2.55. The first-order valence-corrected chi connectivity index (χ1v) is 7.74. The predicted octanol–water partition coefficient (Wildman–Crippen LogP) is 4.07. The van der Waals surface area contributed by atoms with E-state index in [4.69, 9.17) is 11.6 Å². The average Bonchev–Trinajstić information content (AvgIpc) is 2.35. The summed E-state index contributed by atoms with van der Waals surface area (Å²) >= 11 is 9.63. The molecule has 0 saturated carbocycles. The Bertz CT molecular complexity index is 411. The third-order valence-electron chi connectivity index (χ3n) is 3.52. The van der Waals surface area contributed by atoms with Gasteiger partial charge in [0.05, 0.1) is 5.02 Å². The van der Waals surface area contributed by atoms with Crippen molar-refractivity contribution in [3.8, 4) is 0 Å². The molecule has 2 rings (SSSR count). The number of benzene rings is 1. The first-order chi connectivity index (χ1) is 8.61. The standard InChI is InChI=1S/C14H20BrClN2/c1-3-4-11-9-18(10(2)8-17-11)12-5-6-13(15)14(16)7-12/h5-7,10-11,17H,3-4,8-9H2,1-2H3. The number of rotatable bonds is 3. The Balaban J connectivity index is 2.16. The van der Waals surface area contributed by atoms with Crippen LogP contribution in [0, 0.1) is 0 Å². The van der Waals surface area contributed by atoms with Gasteiger partial charge in [-0.15, -0.1) is 0 Å². The molecule has 1 aromatic carbocycles. The van der Waals surface area contributed by atoms with E-state index in [0.29, 0.717) is 12.1 Å². The summed E-state index contributed by atoms with van der Waals surface area (Å²) in [6.45, 7) is 6.59. The van der Waals surface area contributed by atoms with Crippen molar-refractivity contribution >= 4 is 33.2 Å². The zero-order valence-corrected chi connectivity index (χ0v) is 13.3. The van der Waals surface area contributed by atoms with Crippen molar-refractivity contribution in [1.29, 1.82) is 0 Å². The molecule has 1 heterocycles. The zero-order chi connectivity index (χ0) is 13.1. The summed E-state index contributed by atoms with van der Waals surface area (Å²) in [5, 5.41) is 4.39. The van der Waals surface area contributed by atoms with E-state index in [2.05, 4.69) is 52.1 Å². The lowest BCUT2D eigenvalue weighted by molar-refractivity contribution is 0.386. The number of anilines is 1. The van der Waals surface area contributed by atoms with Crippen molar-refractivity contribution in [2.45, 2.75) is 38.8 Å². The third kappa shape index (κ3) is 3.19.